The van der Waals surface area contributed by atoms with Crippen LogP contribution in [0.1, 0.15) is 20.7 Å². The molecule has 0 amide bonds. The van der Waals surface area contributed by atoms with Gasteiger partial charge >= 0.3 is 17.1 Å². The van der Waals surface area contributed by atoms with Gasteiger partial charge in [0.2, 0.25) is 12.5 Å². The Labute approximate surface area is 212 Å². The smallest absolute Gasteiger partial charge is 0.598 e. The fraction of sp³-hybridized carbons (Fsp3) is 0.0769. The molecule has 4 rings (SSSR count). The summed E-state index contributed by atoms with van der Waals surface area (Å²) in [6.45, 7) is 0. The Morgan fingerprint density at radius 3 is 1.46 bits per heavy atom. The third kappa shape index (κ3) is 6.44. The van der Waals surface area contributed by atoms with E-state index in [4.69, 9.17) is 19.7 Å². The van der Waals surface area contributed by atoms with Crippen LogP contribution in [0.15, 0.2) is 85.6 Å². The molecule has 0 saturated heterocycles. The van der Waals surface area contributed by atoms with E-state index in [2.05, 4.69) is 9.97 Å². The molecule has 181 valence electrons. The molecule has 4 aromatic rings. The van der Waals surface area contributed by atoms with Crippen LogP contribution in [-0.4, -0.2) is 46.0 Å². The van der Waals surface area contributed by atoms with Gasteiger partial charge in [0.15, 0.2) is 11.6 Å². The van der Waals surface area contributed by atoms with Crippen molar-refractivity contribution < 1.29 is 46.3 Å². The standard InChI is InChI=1S/2C13H11NO3.Cu/c2*1-17-9-2-3-12-11(8-9)10(4-6-14-12)13(16)5-7-15;/h2*2-8,15H,1H3;/q;;+2/p+2. The molecule has 8 nitrogen and oxygen atoms in total. The fourth-order valence-electron chi connectivity index (χ4n) is 3.27. The van der Waals surface area contributed by atoms with Crippen LogP contribution < -0.4 is 9.47 Å². The van der Waals surface area contributed by atoms with Crippen LogP contribution in [0.25, 0.3) is 21.8 Å². The molecule has 0 bridgehead atoms. The van der Waals surface area contributed by atoms with Gasteiger partial charge in [-0.25, -0.2) is 0 Å². The van der Waals surface area contributed by atoms with Crippen LogP contribution in [0, 0.1) is 0 Å². The van der Waals surface area contributed by atoms with Crippen molar-refractivity contribution in [3.05, 3.63) is 96.7 Å². The number of rotatable bonds is 6. The van der Waals surface area contributed by atoms with Gasteiger partial charge in [0.1, 0.15) is 11.5 Å². The number of carbonyl (C=O) groups is 2. The second-order valence-electron chi connectivity index (χ2n) is 6.88. The molecule has 0 fully saturated rings. The van der Waals surface area contributed by atoms with Gasteiger partial charge < -0.3 is 19.7 Å². The summed E-state index contributed by atoms with van der Waals surface area (Å²) in [5.74, 6) is 0.935. The fourth-order valence-corrected chi connectivity index (χ4v) is 3.27. The number of hydrogen-bond acceptors (Lipinski definition) is 6. The SMILES string of the molecule is COc1ccc2nccc(C(=O)C=C[OH2+])c2c1.COc1ccc2nccc(C(=O)C=C[OH2+])c2c1.[Cu+2]. The molecule has 2 aromatic carbocycles. The normalized spacial score (nSPS) is 10.6. The van der Waals surface area contributed by atoms with Gasteiger partial charge in [-0.3, -0.25) is 19.6 Å². The predicted molar refractivity (Wildman–Crippen MR) is 131 cm³/mol. The van der Waals surface area contributed by atoms with Crippen molar-refractivity contribution >= 4 is 33.4 Å². The van der Waals surface area contributed by atoms with Crippen molar-refractivity contribution in [2.75, 3.05) is 14.2 Å². The molecule has 0 aliphatic rings. The molecule has 0 unspecified atom stereocenters. The Hall–Kier alpha value is -4.20. The first-order valence-corrected chi connectivity index (χ1v) is 10.1. The minimum absolute atomic E-state index is 0. The maximum Gasteiger partial charge on any atom is 2.00 e. The molecule has 35 heavy (non-hydrogen) atoms. The first-order valence-electron chi connectivity index (χ1n) is 10.1. The van der Waals surface area contributed by atoms with E-state index >= 15 is 0 Å². The molecule has 2 aromatic heterocycles. The summed E-state index contributed by atoms with van der Waals surface area (Å²) in [7, 11) is 3.14. The largest absolute Gasteiger partial charge is 2.00 e. The van der Waals surface area contributed by atoms with Crippen LogP contribution >= 0.6 is 0 Å². The third-order valence-electron chi connectivity index (χ3n) is 4.90. The van der Waals surface area contributed by atoms with Crippen LogP contribution in [0.3, 0.4) is 0 Å². The Kier molecular flexibility index (Phi) is 9.96. The van der Waals surface area contributed by atoms with Gasteiger partial charge in [-0.2, -0.15) is 0 Å². The molecular weight excluding hydrogens is 500 g/mol. The number of fused-ring (bicyclic) bond motifs is 2. The molecule has 2 heterocycles. The minimum atomic E-state index is -0.208. The van der Waals surface area contributed by atoms with E-state index in [9.17, 15) is 9.59 Å². The molecule has 0 aliphatic carbocycles. The monoisotopic (exact) mass is 523 g/mol. The van der Waals surface area contributed by atoms with Crippen LogP contribution in [0.2, 0.25) is 0 Å². The van der Waals surface area contributed by atoms with Crippen molar-refractivity contribution in [3.8, 4) is 11.5 Å². The molecular formula is C26H24CuN2O6+4. The van der Waals surface area contributed by atoms with Crippen molar-refractivity contribution in [3.63, 3.8) is 0 Å². The second kappa shape index (κ2) is 12.9. The minimum Gasteiger partial charge on any atom is -0.598 e. The Bertz CT molecular complexity index is 1290. The number of allylic oxidation sites excluding steroid dienone is 2. The van der Waals surface area contributed by atoms with E-state index in [-0.39, 0.29) is 28.6 Å². The Balaban J connectivity index is 0.000000240. The van der Waals surface area contributed by atoms with Crippen molar-refractivity contribution in [2.45, 2.75) is 0 Å². The summed E-state index contributed by atoms with van der Waals surface area (Å²) in [4.78, 5) is 31.9. The number of pyridine rings is 2. The molecule has 0 aliphatic heterocycles. The zero-order valence-corrected chi connectivity index (χ0v) is 19.9. The molecule has 9 heteroatoms. The van der Waals surface area contributed by atoms with E-state index in [1.165, 1.54) is 12.2 Å². The van der Waals surface area contributed by atoms with Crippen LogP contribution in [0.5, 0.6) is 11.5 Å². The summed E-state index contributed by atoms with van der Waals surface area (Å²) in [6.07, 6.45) is 7.56. The number of methoxy groups -OCH3 is 2. The van der Waals surface area contributed by atoms with Gasteiger partial charge in [0, 0.05) is 34.3 Å². The zero-order chi connectivity index (χ0) is 24.5. The quantitative estimate of drug-likeness (QED) is 0.125. The van der Waals surface area contributed by atoms with Crippen LogP contribution in [0.4, 0.5) is 0 Å². The molecule has 1 radical (unpaired) electrons. The summed E-state index contributed by atoms with van der Waals surface area (Å²) < 4.78 is 10.2. The zero-order valence-electron chi connectivity index (χ0n) is 18.9. The van der Waals surface area contributed by atoms with E-state index in [1.807, 2.05) is 0 Å². The molecule has 0 spiro atoms. The van der Waals surface area contributed by atoms with Crippen molar-refractivity contribution in [2.24, 2.45) is 0 Å². The number of ketones is 2. The van der Waals surface area contributed by atoms with Crippen molar-refractivity contribution in [1.29, 1.82) is 0 Å². The second-order valence-corrected chi connectivity index (χ2v) is 6.88. The van der Waals surface area contributed by atoms with E-state index in [0.29, 0.717) is 22.6 Å². The first-order chi connectivity index (χ1) is 16.5. The third-order valence-corrected chi connectivity index (χ3v) is 4.90. The average Bonchev–Trinajstić information content (AvgIpc) is 2.87. The number of nitrogens with zero attached hydrogens (tertiary/aromatic N) is 2. The number of benzene rings is 2. The number of ether oxygens (including phenoxy) is 2. The molecule has 0 atom stereocenters. The summed E-state index contributed by atoms with van der Waals surface area (Å²) in [5.41, 5.74) is 2.51. The summed E-state index contributed by atoms with van der Waals surface area (Å²) in [6, 6.07) is 14.0. The summed E-state index contributed by atoms with van der Waals surface area (Å²) >= 11 is 0. The number of hydrogen-bond donors (Lipinski definition) is 0. The van der Waals surface area contributed by atoms with Crippen molar-refractivity contribution in [1.82, 2.24) is 9.97 Å². The first kappa shape index (κ1) is 27.0. The number of carbonyl (C=O) groups excluding carboxylic acids is 2. The van der Waals surface area contributed by atoms with Gasteiger partial charge in [-0.15, -0.1) is 0 Å². The van der Waals surface area contributed by atoms with Gasteiger partial charge in [0.05, 0.1) is 37.4 Å². The van der Waals surface area contributed by atoms with Gasteiger partial charge in [-0.05, 0) is 48.5 Å². The predicted octanol–water partition coefficient (Wildman–Crippen LogP) is 3.33. The Morgan fingerprint density at radius 1 is 0.714 bits per heavy atom. The summed E-state index contributed by atoms with van der Waals surface area (Å²) in [5, 5.41) is 15.3. The Morgan fingerprint density at radius 2 is 1.11 bits per heavy atom. The molecule has 0 saturated carbocycles. The average molecular weight is 524 g/mol. The van der Waals surface area contributed by atoms with Gasteiger partial charge in [-0.1, -0.05) is 0 Å². The molecule has 4 N–H and O–H groups in total. The van der Waals surface area contributed by atoms with Crippen LogP contribution in [-0.2, 0) is 17.1 Å². The van der Waals surface area contributed by atoms with E-state index < -0.39 is 0 Å². The van der Waals surface area contributed by atoms with E-state index in [0.717, 1.165) is 34.3 Å². The van der Waals surface area contributed by atoms with Gasteiger partial charge in [0.25, 0.3) is 0 Å². The van der Waals surface area contributed by atoms with E-state index in [1.54, 1.807) is 75.1 Å². The number of aromatic nitrogens is 2. The maximum absolute atomic E-state index is 11.8. The maximum atomic E-state index is 11.8. The topological polar surface area (TPSA) is 124 Å².